The van der Waals surface area contributed by atoms with Gasteiger partial charge in [-0.05, 0) is 47.9 Å². The summed E-state index contributed by atoms with van der Waals surface area (Å²) >= 11 is 0. The molecular weight excluding hydrogens is 212 g/mol. The summed E-state index contributed by atoms with van der Waals surface area (Å²) in [6, 6.07) is 13.5. The Labute approximate surface area is 101 Å². The van der Waals surface area contributed by atoms with E-state index in [2.05, 4.69) is 0 Å². The molecule has 0 aliphatic heterocycles. The summed E-state index contributed by atoms with van der Waals surface area (Å²) in [4.78, 5) is 0. The third kappa shape index (κ3) is 2.69. The number of nitrogens with two attached hydrogens (primary N) is 2. The van der Waals surface area contributed by atoms with Crippen molar-refractivity contribution in [3.05, 3.63) is 53.6 Å². The molecular formula is C14H16N2O. The maximum atomic E-state index is 5.92. The zero-order chi connectivity index (χ0) is 12.3. The van der Waals surface area contributed by atoms with E-state index in [4.69, 9.17) is 16.2 Å². The van der Waals surface area contributed by atoms with E-state index in [9.17, 15) is 0 Å². The molecule has 0 aromatic heterocycles. The second-order valence-corrected chi connectivity index (χ2v) is 3.99. The van der Waals surface area contributed by atoms with Gasteiger partial charge in [0, 0.05) is 11.4 Å². The summed E-state index contributed by atoms with van der Waals surface area (Å²) in [5.74, 6) is 0.852. The highest BCUT2D eigenvalue weighted by Gasteiger charge is 2.02. The third-order valence-electron chi connectivity index (χ3n) is 2.70. The number of hydrogen-bond acceptors (Lipinski definition) is 3. The molecule has 0 radical (unpaired) electrons. The number of methoxy groups -OCH3 is 1. The number of hydrogen-bond donors (Lipinski definition) is 2. The topological polar surface area (TPSA) is 61.3 Å². The minimum atomic E-state index is 0.733. The summed E-state index contributed by atoms with van der Waals surface area (Å²) in [6.45, 7) is 0. The van der Waals surface area contributed by atoms with Crippen molar-refractivity contribution in [2.45, 2.75) is 6.42 Å². The highest BCUT2D eigenvalue weighted by atomic mass is 16.5. The number of anilines is 2. The average Bonchev–Trinajstić information content (AvgIpc) is 2.34. The van der Waals surface area contributed by atoms with Crippen molar-refractivity contribution >= 4 is 11.4 Å². The first-order valence-electron chi connectivity index (χ1n) is 5.46. The van der Waals surface area contributed by atoms with Gasteiger partial charge in [0.15, 0.2) is 0 Å². The molecule has 0 saturated carbocycles. The Morgan fingerprint density at radius 1 is 1.06 bits per heavy atom. The van der Waals surface area contributed by atoms with E-state index < -0.39 is 0 Å². The van der Waals surface area contributed by atoms with E-state index >= 15 is 0 Å². The van der Waals surface area contributed by atoms with E-state index in [0.717, 1.165) is 34.7 Å². The van der Waals surface area contributed by atoms with Gasteiger partial charge in [-0.15, -0.1) is 0 Å². The monoisotopic (exact) mass is 228 g/mol. The molecule has 0 heterocycles. The zero-order valence-electron chi connectivity index (χ0n) is 9.81. The Kier molecular flexibility index (Phi) is 3.19. The molecule has 88 valence electrons. The van der Waals surface area contributed by atoms with Crippen molar-refractivity contribution in [1.29, 1.82) is 0 Å². The molecule has 0 fully saturated rings. The van der Waals surface area contributed by atoms with Crippen LogP contribution in [-0.4, -0.2) is 7.11 Å². The second-order valence-electron chi connectivity index (χ2n) is 3.99. The summed E-state index contributed by atoms with van der Waals surface area (Å²) in [6.07, 6.45) is 0.758. The van der Waals surface area contributed by atoms with Crippen molar-refractivity contribution in [2.75, 3.05) is 18.6 Å². The number of nitrogen functional groups attached to an aromatic ring is 2. The lowest BCUT2D eigenvalue weighted by Gasteiger charge is -2.08. The van der Waals surface area contributed by atoms with Crippen LogP contribution in [0, 0.1) is 0 Å². The van der Waals surface area contributed by atoms with Gasteiger partial charge < -0.3 is 16.2 Å². The fourth-order valence-electron chi connectivity index (χ4n) is 1.78. The first kappa shape index (κ1) is 11.3. The van der Waals surface area contributed by atoms with Crippen molar-refractivity contribution in [1.82, 2.24) is 0 Å². The van der Waals surface area contributed by atoms with Crippen LogP contribution in [0.4, 0.5) is 11.4 Å². The quantitative estimate of drug-likeness (QED) is 0.793. The van der Waals surface area contributed by atoms with Crippen LogP contribution in [-0.2, 0) is 6.42 Å². The summed E-state index contributed by atoms with van der Waals surface area (Å²) < 4.78 is 5.19. The highest BCUT2D eigenvalue weighted by molar-refractivity contribution is 5.56. The number of ether oxygens (including phenoxy) is 1. The van der Waals surface area contributed by atoms with E-state index in [-0.39, 0.29) is 0 Å². The van der Waals surface area contributed by atoms with E-state index in [0.29, 0.717) is 0 Å². The zero-order valence-corrected chi connectivity index (χ0v) is 9.81. The fourth-order valence-corrected chi connectivity index (χ4v) is 1.78. The summed E-state index contributed by atoms with van der Waals surface area (Å²) in [5.41, 5.74) is 15.4. The molecule has 0 bridgehead atoms. The van der Waals surface area contributed by atoms with E-state index in [1.807, 2.05) is 42.5 Å². The van der Waals surface area contributed by atoms with Gasteiger partial charge in [0.25, 0.3) is 0 Å². The molecule has 0 spiro atoms. The summed E-state index contributed by atoms with van der Waals surface area (Å²) in [5, 5.41) is 0. The molecule has 3 heteroatoms. The second kappa shape index (κ2) is 4.78. The lowest BCUT2D eigenvalue weighted by molar-refractivity contribution is 0.414. The molecule has 0 saturated heterocycles. The maximum Gasteiger partial charge on any atom is 0.119 e. The lowest BCUT2D eigenvalue weighted by Crippen LogP contribution is -1.98. The van der Waals surface area contributed by atoms with Crippen LogP contribution in [0.1, 0.15) is 11.1 Å². The van der Waals surface area contributed by atoms with Crippen molar-refractivity contribution in [3.8, 4) is 5.75 Å². The predicted octanol–water partition coefficient (Wildman–Crippen LogP) is 2.45. The minimum absolute atomic E-state index is 0.733. The molecule has 2 rings (SSSR count). The first-order chi connectivity index (χ1) is 8.19. The average molecular weight is 228 g/mol. The Balaban J connectivity index is 2.27. The molecule has 0 aliphatic rings. The van der Waals surface area contributed by atoms with Crippen LogP contribution in [0.3, 0.4) is 0 Å². The van der Waals surface area contributed by atoms with Gasteiger partial charge in [0.05, 0.1) is 7.11 Å². The Morgan fingerprint density at radius 3 is 2.65 bits per heavy atom. The molecule has 0 amide bonds. The van der Waals surface area contributed by atoms with Crippen molar-refractivity contribution in [3.63, 3.8) is 0 Å². The predicted molar refractivity (Wildman–Crippen MR) is 71.1 cm³/mol. The molecule has 0 unspecified atom stereocenters. The standard InChI is InChI=1S/C14H16N2O/c1-17-13-4-2-3-10(8-13)7-11-9-12(15)5-6-14(11)16/h2-6,8-9H,7,15-16H2,1H3. The van der Waals surface area contributed by atoms with Crippen LogP contribution in [0.5, 0.6) is 5.75 Å². The van der Waals surface area contributed by atoms with E-state index in [1.54, 1.807) is 7.11 Å². The molecule has 4 N–H and O–H groups in total. The Morgan fingerprint density at radius 2 is 1.88 bits per heavy atom. The van der Waals surface area contributed by atoms with Gasteiger partial charge in [0.1, 0.15) is 5.75 Å². The molecule has 3 nitrogen and oxygen atoms in total. The number of benzene rings is 2. The van der Waals surface area contributed by atoms with Crippen LogP contribution in [0.25, 0.3) is 0 Å². The Hall–Kier alpha value is -2.16. The lowest BCUT2D eigenvalue weighted by atomic mass is 10.0. The molecule has 0 atom stereocenters. The van der Waals surface area contributed by atoms with Crippen LogP contribution in [0.15, 0.2) is 42.5 Å². The van der Waals surface area contributed by atoms with Gasteiger partial charge in [-0.3, -0.25) is 0 Å². The first-order valence-corrected chi connectivity index (χ1v) is 5.46. The smallest absolute Gasteiger partial charge is 0.119 e. The van der Waals surface area contributed by atoms with Gasteiger partial charge >= 0.3 is 0 Å². The Bertz CT molecular complexity index is 523. The van der Waals surface area contributed by atoms with Gasteiger partial charge in [-0.2, -0.15) is 0 Å². The van der Waals surface area contributed by atoms with Gasteiger partial charge in [-0.1, -0.05) is 12.1 Å². The van der Waals surface area contributed by atoms with Crippen LogP contribution < -0.4 is 16.2 Å². The van der Waals surface area contributed by atoms with Crippen molar-refractivity contribution < 1.29 is 4.74 Å². The molecule has 17 heavy (non-hydrogen) atoms. The number of rotatable bonds is 3. The van der Waals surface area contributed by atoms with Crippen LogP contribution >= 0.6 is 0 Å². The largest absolute Gasteiger partial charge is 0.497 e. The summed E-state index contributed by atoms with van der Waals surface area (Å²) in [7, 11) is 1.66. The third-order valence-corrected chi connectivity index (χ3v) is 2.70. The normalized spacial score (nSPS) is 10.2. The molecule has 0 aliphatic carbocycles. The van der Waals surface area contributed by atoms with Gasteiger partial charge in [0.2, 0.25) is 0 Å². The van der Waals surface area contributed by atoms with Crippen LogP contribution in [0.2, 0.25) is 0 Å². The molecule has 2 aromatic rings. The minimum Gasteiger partial charge on any atom is -0.497 e. The van der Waals surface area contributed by atoms with Crippen molar-refractivity contribution in [2.24, 2.45) is 0 Å². The highest BCUT2D eigenvalue weighted by Crippen LogP contribution is 2.21. The maximum absolute atomic E-state index is 5.92. The van der Waals surface area contributed by atoms with Gasteiger partial charge in [-0.25, -0.2) is 0 Å². The molecule has 2 aromatic carbocycles. The fraction of sp³-hybridized carbons (Fsp3) is 0.143. The van der Waals surface area contributed by atoms with E-state index in [1.165, 1.54) is 0 Å². The SMILES string of the molecule is COc1cccc(Cc2cc(N)ccc2N)c1.